The second-order valence-electron chi connectivity index (χ2n) is 7.22. The van der Waals surface area contributed by atoms with Crippen LogP contribution in [0.4, 0.5) is 23.7 Å². The van der Waals surface area contributed by atoms with Crippen molar-refractivity contribution < 1.29 is 18.0 Å². The fraction of sp³-hybridized carbons (Fsp3) is 0.421. The number of piperazine rings is 1. The molecule has 0 unspecified atom stereocenters. The SMILES string of the molecule is C[C@@H]1CN2C=NC(N3CCN(C(=O)Nc4cccc(C(F)(F)F)c4)CC3)=CC2=N1. The average Bonchev–Trinajstić information content (AvgIpc) is 3.07. The van der Waals surface area contributed by atoms with Crippen LogP contribution in [0.2, 0.25) is 0 Å². The van der Waals surface area contributed by atoms with E-state index in [2.05, 4.69) is 27.1 Å². The number of carbonyl (C=O) groups excluding carboxylic acids is 1. The number of rotatable bonds is 2. The number of nitrogens with one attached hydrogen (secondary N) is 1. The molecule has 4 rings (SSSR count). The Labute approximate surface area is 166 Å². The molecule has 10 heteroatoms. The van der Waals surface area contributed by atoms with Crippen molar-refractivity contribution in [1.29, 1.82) is 0 Å². The van der Waals surface area contributed by atoms with E-state index < -0.39 is 17.8 Å². The maximum Gasteiger partial charge on any atom is 0.416 e. The highest BCUT2D eigenvalue weighted by Gasteiger charge is 2.31. The maximum absolute atomic E-state index is 12.8. The predicted molar refractivity (Wildman–Crippen MR) is 104 cm³/mol. The number of halogens is 3. The molecule has 1 fully saturated rings. The van der Waals surface area contributed by atoms with Gasteiger partial charge >= 0.3 is 12.2 Å². The van der Waals surface area contributed by atoms with Gasteiger partial charge in [0.2, 0.25) is 0 Å². The van der Waals surface area contributed by atoms with Crippen LogP contribution in [0.25, 0.3) is 0 Å². The summed E-state index contributed by atoms with van der Waals surface area (Å²) in [6.45, 7) is 4.94. The molecule has 1 saturated heterocycles. The van der Waals surface area contributed by atoms with Crippen LogP contribution in [0, 0.1) is 0 Å². The van der Waals surface area contributed by atoms with E-state index in [-0.39, 0.29) is 11.7 Å². The molecule has 7 nitrogen and oxygen atoms in total. The highest BCUT2D eigenvalue weighted by Crippen LogP contribution is 2.30. The number of urea groups is 1. The molecule has 29 heavy (non-hydrogen) atoms. The van der Waals surface area contributed by atoms with E-state index in [0.717, 1.165) is 30.3 Å². The molecule has 3 heterocycles. The Balaban J connectivity index is 1.34. The Kier molecular flexibility index (Phi) is 4.93. The number of anilines is 1. The van der Waals surface area contributed by atoms with Crippen LogP contribution in [-0.4, -0.2) is 71.7 Å². The van der Waals surface area contributed by atoms with Gasteiger partial charge in [0.25, 0.3) is 0 Å². The van der Waals surface area contributed by atoms with Crippen LogP contribution >= 0.6 is 0 Å². The Morgan fingerprint density at radius 3 is 2.69 bits per heavy atom. The highest BCUT2D eigenvalue weighted by molar-refractivity contribution is 6.03. The fourth-order valence-electron chi connectivity index (χ4n) is 3.51. The van der Waals surface area contributed by atoms with Crippen molar-refractivity contribution in [2.24, 2.45) is 9.98 Å². The minimum absolute atomic E-state index is 0.125. The third kappa shape index (κ3) is 4.20. The van der Waals surface area contributed by atoms with E-state index in [1.807, 2.05) is 11.0 Å². The van der Waals surface area contributed by atoms with Crippen molar-refractivity contribution in [2.75, 3.05) is 38.0 Å². The number of alkyl halides is 3. The topological polar surface area (TPSA) is 63.5 Å². The summed E-state index contributed by atoms with van der Waals surface area (Å²) in [6.07, 6.45) is -0.718. The number of hydrogen-bond acceptors (Lipinski definition) is 5. The number of benzene rings is 1. The molecule has 1 N–H and O–H groups in total. The van der Waals surface area contributed by atoms with Crippen molar-refractivity contribution in [3.05, 3.63) is 41.7 Å². The van der Waals surface area contributed by atoms with Crippen LogP contribution in [0.3, 0.4) is 0 Å². The first kappa shape index (κ1) is 19.3. The monoisotopic (exact) mass is 406 g/mol. The van der Waals surface area contributed by atoms with Gasteiger partial charge in [-0.25, -0.2) is 9.79 Å². The molecule has 2 amide bonds. The molecule has 1 atom stereocenters. The minimum atomic E-state index is -4.45. The third-order valence-electron chi connectivity index (χ3n) is 5.03. The fourth-order valence-corrected chi connectivity index (χ4v) is 3.51. The quantitative estimate of drug-likeness (QED) is 0.822. The molecule has 0 aromatic heterocycles. The lowest BCUT2D eigenvalue weighted by molar-refractivity contribution is -0.137. The van der Waals surface area contributed by atoms with E-state index in [9.17, 15) is 18.0 Å². The third-order valence-corrected chi connectivity index (χ3v) is 5.03. The molecule has 154 valence electrons. The van der Waals surface area contributed by atoms with Gasteiger partial charge in [-0.15, -0.1) is 0 Å². The summed E-state index contributed by atoms with van der Waals surface area (Å²) in [5.41, 5.74) is -0.666. The highest BCUT2D eigenvalue weighted by atomic mass is 19.4. The summed E-state index contributed by atoms with van der Waals surface area (Å²) < 4.78 is 38.5. The Hall–Kier alpha value is -3.04. The molecule has 1 aromatic carbocycles. The van der Waals surface area contributed by atoms with Gasteiger partial charge in [-0.1, -0.05) is 6.07 Å². The van der Waals surface area contributed by atoms with Crippen LogP contribution in [0.5, 0.6) is 0 Å². The summed E-state index contributed by atoms with van der Waals surface area (Å²) >= 11 is 0. The first-order valence-corrected chi connectivity index (χ1v) is 9.38. The first-order chi connectivity index (χ1) is 13.8. The van der Waals surface area contributed by atoms with E-state index >= 15 is 0 Å². The van der Waals surface area contributed by atoms with Crippen LogP contribution in [-0.2, 0) is 6.18 Å². The Morgan fingerprint density at radius 2 is 1.97 bits per heavy atom. The number of amidine groups is 1. The zero-order chi connectivity index (χ0) is 20.6. The molecule has 0 radical (unpaired) electrons. The normalized spacial score (nSPS) is 21.7. The van der Waals surface area contributed by atoms with E-state index in [0.29, 0.717) is 26.2 Å². The van der Waals surface area contributed by atoms with Crippen LogP contribution < -0.4 is 5.32 Å². The van der Waals surface area contributed by atoms with Gasteiger partial charge in [0.05, 0.1) is 17.9 Å². The van der Waals surface area contributed by atoms with Crippen molar-refractivity contribution in [1.82, 2.24) is 14.7 Å². The smallest absolute Gasteiger partial charge is 0.353 e. The molecular formula is C19H21F3N6O. The Morgan fingerprint density at radius 1 is 1.21 bits per heavy atom. The van der Waals surface area contributed by atoms with Crippen molar-refractivity contribution >= 4 is 23.9 Å². The number of carbonyl (C=O) groups is 1. The lowest BCUT2D eigenvalue weighted by Crippen LogP contribution is -2.49. The molecule has 0 aliphatic carbocycles. The largest absolute Gasteiger partial charge is 0.416 e. The van der Waals surface area contributed by atoms with E-state index in [4.69, 9.17) is 0 Å². The van der Waals surface area contributed by atoms with E-state index in [1.165, 1.54) is 12.1 Å². The predicted octanol–water partition coefficient (Wildman–Crippen LogP) is 2.84. The molecule has 3 aliphatic heterocycles. The number of hydrogen-bond donors (Lipinski definition) is 1. The van der Waals surface area contributed by atoms with Gasteiger partial charge in [-0.2, -0.15) is 13.2 Å². The first-order valence-electron chi connectivity index (χ1n) is 9.38. The number of aliphatic imine (C=N–C) groups is 2. The summed E-state index contributed by atoms with van der Waals surface area (Å²) in [5.74, 6) is 1.71. The molecule has 3 aliphatic rings. The average molecular weight is 406 g/mol. The van der Waals surface area contributed by atoms with E-state index in [1.54, 1.807) is 11.2 Å². The Bertz CT molecular complexity index is 886. The summed E-state index contributed by atoms with van der Waals surface area (Å²) in [7, 11) is 0. The van der Waals surface area contributed by atoms with Crippen LogP contribution in [0.1, 0.15) is 12.5 Å². The standard InChI is InChI=1S/C19H21F3N6O/c1-13-11-28-12-23-16(10-17(28)24-13)26-5-7-27(8-6-26)18(29)25-15-4-2-3-14(9-15)19(20,21)22/h2-4,9-10,12-13H,5-8,11H2,1H3,(H,25,29)/t13-/m1/s1. The molecule has 0 saturated carbocycles. The summed E-state index contributed by atoms with van der Waals surface area (Å²) in [4.78, 5) is 27.2. The second kappa shape index (κ2) is 7.41. The molecule has 1 aromatic rings. The zero-order valence-electron chi connectivity index (χ0n) is 15.9. The number of fused-ring (bicyclic) bond motifs is 1. The van der Waals surface area contributed by atoms with Crippen molar-refractivity contribution in [3.8, 4) is 0 Å². The van der Waals surface area contributed by atoms with Gasteiger partial charge in [-0.05, 0) is 25.1 Å². The zero-order valence-corrected chi connectivity index (χ0v) is 15.9. The van der Waals surface area contributed by atoms with Gasteiger partial charge in [0.15, 0.2) is 0 Å². The van der Waals surface area contributed by atoms with Gasteiger partial charge in [-0.3, -0.25) is 4.99 Å². The molecule has 0 bridgehead atoms. The maximum atomic E-state index is 12.8. The lowest BCUT2D eigenvalue weighted by atomic mass is 10.2. The van der Waals surface area contributed by atoms with Crippen LogP contribution in [0.15, 0.2) is 46.1 Å². The van der Waals surface area contributed by atoms with Gasteiger partial charge < -0.3 is 20.0 Å². The van der Waals surface area contributed by atoms with Crippen molar-refractivity contribution in [2.45, 2.75) is 19.1 Å². The number of nitrogens with zero attached hydrogens (tertiary/aromatic N) is 5. The van der Waals surface area contributed by atoms with Crippen molar-refractivity contribution in [3.63, 3.8) is 0 Å². The second-order valence-corrected chi connectivity index (χ2v) is 7.22. The summed E-state index contributed by atoms with van der Waals surface area (Å²) in [5, 5.41) is 2.55. The molecule has 0 spiro atoms. The lowest BCUT2D eigenvalue weighted by Gasteiger charge is -2.36. The minimum Gasteiger partial charge on any atom is -0.353 e. The van der Waals surface area contributed by atoms with Gasteiger partial charge in [0, 0.05) is 44.5 Å². The summed E-state index contributed by atoms with van der Waals surface area (Å²) in [6, 6.07) is 4.46. The van der Waals surface area contributed by atoms with Gasteiger partial charge in [0.1, 0.15) is 11.7 Å². The molecular weight excluding hydrogens is 385 g/mol. The number of amides is 2.